The van der Waals surface area contributed by atoms with Crippen LogP contribution < -0.4 is 20.7 Å². The van der Waals surface area contributed by atoms with Gasteiger partial charge in [-0.2, -0.15) is 10.3 Å². The van der Waals surface area contributed by atoms with Crippen LogP contribution in [0.1, 0.15) is 62.6 Å². The summed E-state index contributed by atoms with van der Waals surface area (Å²) in [6.07, 6.45) is -1.16. The van der Waals surface area contributed by atoms with Crippen LogP contribution in [0.4, 0.5) is 0 Å². The van der Waals surface area contributed by atoms with Crippen LogP contribution in [0.15, 0.2) is 94.6 Å². The van der Waals surface area contributed by atoms with Crippen molar-refractivity contribution in [3.05, 3.63) is 128 Å². The van der Waals surface area contributed by atoms with Crippen molar-refractivity contribution in [1.29, 1.82) is 5.26 Å². The molecule has 6 rings (SSSR count). The molecule has 0 saturated carbocycles. The molecule has 1 aromatic heterocycles. The van der Waals surface area contributed by atoms with Crippen LogP contribution in [0.25, 0.3) is 0 Å². The predicted molar refractivity (Wildman–Crippen MR) is 215 cm³/mol. The lowest BCUT2D eigenvalue weighted by Crippen LogP contribution is -2.61. The number of rotatable bonds is 17. The van der Waals surface area contributed by atoms with E-state index in [0.717, 1.165) is 16.7 Å². The number of ether oxygens (including phenoxy) is 4. The highest BCUT2D eigenvalue weighted by molar-refractivity contribution is 7.44. The summed E-state index contributed by atoms with van der Waals surface area (Å²) in [6, 6.07) is 27.6. The van der Waals surface area contributed by atoms with Gasteiger partial charge in [0.2, 0.25) is 0 Å². The topological polar surface area (TPSA) is 150 Å². The first kappa shape index (κ1) is 42.2. The summed E-state index contributed by atoms with van der Waals surface area (Å²) < 4.78 is 42.7. The second-order valence-electron chi connectivity index (χ2n) is 14.8. The van der Waals surface area contributed by atoms with E-state index in [4.69, 9.17) is 32.8 Å². The molecule has 2 bridgehead atoms. The predicted octanol–water partition coefficient (Wildman–Crippen LogP) is 6.05. The van der Waals surface area contributed by atoms with Crippen molar-refractivity contribution >= 4 is 8.53 Å². The first-order valence-corrected chi connectivity index (χ1v) is 20.1. The fraction of sp³-hybridized carbons (Fsp3) is 0.452. The Hall–Kier alpha value is -4.42. The molecule has 5 atom stereocenters. The lowest BCUT2D eigenvalue weighted by atomic mass is 9.79. The van der Waals surface area contributed by atoms with Crippen LogP contribution in [0.5, 0.6) is 11.5 Å². The number of likely N-dealkylation sites (N-methyl/N-ethyl adjacent to an activating group) is 1. The quantitative estimate of drug-likeness (QED) is 0.0753. The Labute approximate surface area is 334 Å². The van der Waals surface area contributed by atoms with Crippen LogP contribution in [0, 0.1) is 18.3 Å². The third-order valence-corrected chi connectivity index (χ3v) is 12.3. The van der Waals surface area contributed by atoms with Crippen molar-refractivity contribution in [2.45, 2.75) is 82.8 Å². The molecule has 304 valence electrons. The highest BCUT2D eigenvalue weighted by Crippen LogP contribution is 2.55. The van der Waals surface area contributed by atoms with Gasteiger partial charge in [-0.05, 0) is 75.6 Å². The molecule has 2 fully saturated rings. The van der Waals surface area contributed by atoms with E-state index in [1.54, 1.807) is 33.3 Å². The first-order chi connectivity index (χ1) is 27.4. The van der Waals surface area contributed by atoms with Crippen LogP contribution in [-0.4, -0.2) is 90.2 Å². The Morgan fingerprint density at radius 3 is 2.07 bits per heavy atom. The van der Waals surface area contributed by atoms with Crippen molar-refractivity contribution < 1.29 is 32.8 Å². The Morgan fingerprint density at radius 2 is 1.53 bits per heavy atom. The van der Waals surface area contributed by atoms with Gasteiger partial charge in [-0.15, -0.1) is 0 Å². The molecule has 2 saturated heterocycles. The maximum absolute atomic E-state index is 13.5. The molecule has 15 heteroatoms. The molecule has 0 spiro atoms. The van der Waals surface area contributed by atoms with Gasteiger partial charge in [0.15, 0.2) is 12.3 Å². The van der Waals surface area contributed by atoms with Crippen LogP contribution in [-0.2, 0) is 29.0 Å². The number of hydrogen-bond acceptors (Lipinski definition) is 12. The van der Waals surface area contributed by atoms with E-state index in [2.05, 4.69) is 43.4 Å². The second-order valence-corrected chi connectivity index (χ2v) is 16.2. The summed E-state index contributed by atoms with van der Waals surface area (Å²) in [7, 11) is 3.23. The zero-order valence-electron chi connectivity index (χ0n) is 33.7. The summed E-state index contributed by atoms with van der Waals surface area (Å²) in [5.41, 5.74) is -0.838. The maximum Gasteiger partial charge on any atom is 0.330 e. The van der Waals surface area contributed by atoms with E-state index in [-0.39, 0.29) is 38.3 Å². The Balaban J connectivity index is 1.54. The number of methoxy groups -OCH3 is 2. The van der Waals surface area contributed by atoms with Crippen molar-refractivity contribution in [3.8, 4) is 17.6 Å². The molecule has 3 heterocycles. The zero-order chi connectivity index (χ0) is 40.9. The molecule has 0 aliphatic carbocycles. The first-order valence-electron chi connectivity index (χ1n) is 19.0. The summed E-state index contributed by atoms with van der Waals surface area (Å²) in [5, 5.41) is 11.1. The lowest BCUT2D eigenvalue weighted by Gasteiger charge is -2.46. The molecule has 1 unspecified atom stereocenters. The van der Waals surface area contributed by atoms with Crippen molar-refractivity contribution in [1.82, 2.24) is 19.3 Å². The van der Waals surface area contributed by atoms with Crippen molar-refractivity contribution in [2.75, 3.05) is 41.0 Å². The highest BCUT2D eigenvalue weighted by atomic mass is 31.2. The minimum atomic E-state index is -1.81. The van der Waals surface area contributed by atoms with E-state index in [0.29, 0.717) is 17.1 Å². The molecular weight excluding hydrogens is 749 g/mol. The summed E-state index contributed by atoms with van der Waals surface area (Å²) in [5.74, 6) is 1.37. The molecule has 14 nitrogen and oxygen atoms in total. The van der Waals surface area contributed by atoms with E-state index < -0.39 is 49.4 Å². The molecule has 3 aromatic carbocycles. The second kappa shape index (κ2) is 18.0. The van der Waals surface area contributed by atoms with Crippen molar-refractivity contribution in [2.24, 2.45) is 0 Å². The summed E-state index contributed by atoms with van der Waals surface area (Å²) >= 11 is 0. The monoisotopic (exact) mass is 801 g/mol. The molecule has 0 amide bonds. The van der Waals surface area contributed by atoms with Gasteiger partial charge >= 0.3 is 5.69 Å². The molecule has 1 N–H and O–H groups in total. The molecule has 57 heavy (non-hydrogen) atoms. The third kappa shape index (κ3) is 8.58. The normalized spacial score (nSPS) is 21.5. The number of aromatic amines is 1. The van der Waals surface area contributed by atoms with Gasteiger partial charge in [-0.3, -0.25) is 19.2 Å². The molecule has 0 radical (unpaired) electrons. The Bertz CT molecular complexity index is 2050. The van der Waals surface area contributed by atoms with E-state index in [9.17, 15) is 14.9 Å². The number of hydrogen-bond donors (Lipinski definition) is 1. The minimum Gasteiger partial charge on any atom is -0.497 e. The van der Waals surface area contributed by atoms with Gasteiger partial charge in [0.1, 0.15) is 28.8 Å². The SMILES string of the molecule is COc1ccc(C(OC[C@@]23CN(C)O[C@@H]([C@H](n4cc(C)c(=O)[nH]c4=O)O2)[C@@H]3OP(OCCC#N)N(C(C)C)C(C)C)(c2ccccc2)c2ccc(OC)cc2)cc1. The van der Waals surface area contributed by atoms with Gasteiger partial charge in [0.25, 0.3) is 14.1 Å². The van der Waals surface area contributed by atoms with Gasteiger partial charge in [-0.25, -0.2) is 9.46 Å². The summed E-state index contributed by atoms with van der Waals surface area (Å²) in [4.78, 5) is 35.0. The van der Waals surface area contributed by atoms with Crippen LogP contribution in [0.2, 0.25) is 0 Å². The molecule has 4 aromatic rings. The van der Waals surface area contributed by atoms with Gasteiger partial charge in [0, 0.05) is 30.9 Å². The van der Waals surface area contributed by atoms with Gasteiger partial charge < -0.3 is 28.0 Å². The third-order valence-electron chi connectivity index (χ3n) is 10.2. The Kier molecular flexibility index (Phi) is 13.3. The maximum atomic E-state index is 13.5. The fourth-order valence-corrected chi connectivity index (χ4v) is 9.50. The number of nitrogens with zero attached hydrogens (tertiary/aromatic N) is 4. The molecule has 2 aliphatic heterocycles. The van der Waals surface area contributed by atoms with Crippen LogP contribution >= 0.6 is 8.53 Å². The standard InChI is InChI=1S/C42H52N5O9P/c1-28(2)47(29(3)4)57(53-24-12-23-43)56-37-36-39(46-25-30(5)38(48)44-40(46)49)54-41(37,26-45(6)55-36)27-52-42(31-13-10-9-11-14-31,32-15-19-34(50-7)20-16-32)33-17-21-35(51-8)22-18-33/h9-11,13-22,25,28-29,36-37,39H,12,24,26-27H2,1-8H3,(H,44,48,49)/t36-,37+,39-,41-,57?/m1/s1. The van der Waals surface area contributed by atoms with E-state index in [1.165, 1.54) is 10.8 Å². The average Bonchev–Trinajstić information content (AvgIpc) is 3.37. The lowest BCUT2D eigenvalue weighted by molar-refractivity contribution is -0.258. The number of nitrogens with one attached hydrogen (secondary N) is 1. The smallest absolute Gasteiger partial charge is 0.330 e. The minimum absolute atomic E-state index is 0.00675. The zero-order valence-corrected chi connectivity index (χ0v) is 34.6. The van der Waals surface area contributed by atoms with Crippen molar-refractivity contribution in [3.63, 3.8) is 0 Å². The van der Waals surface area contributed by atoms with E-state index in [1.807, 2.05) is 78.9 Å². The van der Waals surface area contributed by atoms with E-state index >= 15 is 0 Å². The van der Waals surface area contributed by atoms with Crippen LogP contribution in [0.3, 0.4) is 0 Å². The number of H-pyrrole nitrogens is 1. The number of benzene rings is 3. The largest absolute Gasteiger partial charge is 0.497 e. The number of nitriles is 1. The number of hydroxylamine groups is 2. The highest BCUT2D eigenvalue weighted by Gasteiger charge is 2.64. The Morgan fingerprint density at radius 1 is 0.947 bits per heavy atom. The number of aryl methyl sites for hydroxylation is 1. The number of aromatic nitrogens is 2. The molecular formula is C42H52N5O9P. The van der Waals surface area contributed by atoms with Gasteiger partial charge in [0.05, 0.1) is 46.5 Å². The average molecular weight is 802 g/mol. The number of fused-ring (bicyclic) bond motifs is 2. The fourth-order valence-electron chi connectivity index (χ4n) is 7.68. The molecule has 2 aliphatic rings. The summed E-state index contributed by atoms with van der Waals surface area (Å²) in [6.45, 7) is 10.1. The van der Waals surface area contributed by atoms with Gasteiger partial charge in [-0.1, -0.05) is 54.6 Å².